The van der Waals surface area contributed by atoms with Crippen LogP contribution in [-0.4, -0.2) is 61.5 Å². The van der Waals surface area contributed by atoms with Crippen molar-refractivity contribution in [1.82, 2.24) is 9.88 Å². The highest BCUT2D eigenvalue weighted by Gasteiger charge is 2.31. The number of nitrogens with zero attached hydrogens (tertiary/aromatic N) is 3. The average Bonchev–Trinajstić information content (AvgIpc) is 3.17. The second kappa shape index (κ2) is 9.39. The molecule has 1 fully saturated rings. The van der Waals surface area contributed by atoms with Gasteiger partial charge in [0.25, 0.3) is 5.91 Å². The van der Waals surface area contributed by atoms with Crippen molar-refractivity contribution >= 4 is 32.6 Å². The molecule has 1 amide bonds. The predicted octanol–water partition coefficient (Wildman–Crippen LogP) is 4.31. The van der Waals surface area contributed by atoms with E-state index >= 15 is 0 Å². The van der Waals surface area contributed by atoms with Crippen LogP contribution in [0.25, 0.3) is 10.2 Å². The molecule has 3 aromatic rings. The van der Waals surface area contributed by atoms with Gasteiger partial charge in [-0.05, 0) is 36.4 Å². The molecule has 32 heavy (non-hydrogen) atoms. The summed E-state index contributed by atoms with van der Waals surface area (Å²) in [6, 6.07) is 9.02. The quantitative estimate of drug-likeness (QED) is 0.504. The number of aromatic nitrogens is 1. The summed E-state index contributed by atoms with van der Waals surface area (Å²) >= 11 is 1.09. The molecule has 170 valence electrons. The minimum Gasteiger partial charge on any atom is -0.406 e. The maximum atomic E-state index is 13.3. The Hall–Kier alpha value is -2.76. The van der Waals surface area contributed by atoms with Crippen molar-refractivity contribution in [2.24, 2.45) is 0 Å². The molecule has 1 saturated heterocycles. The summed E-state index contributed by atoms with van der Waals surface area (Å²) in [4.78, 5) is 21.3. The SMILES string of the molecule is O=C(c1ccc(F)cc1)N(CCN1CCOCC1)c1nc2ccc(OC(F)(F)F)cc2s1. The summed E-state index contributed by atoms with van der Waals surface area (Å²) in [5.41, 5.74) is 0.733. The number of hydrogen-bond acceptors (Lipinski definition) is 6. The molecule has 0 atom stereocenters. The normalized spacial score (nSPS) is 15.1. The van der Waals surface area contributed by atoms with Gasteiger partial charge in [-0.1, -0.05) is 11.3 Å². The summed E-state index contributed by atoms with van der Waals surface area (Å²) in [6.07, 6.45) is -4.80. The fourth-order valence-electron chi connectivity index (χ4n) is 3.30. The van der Waals surface area contributed by atoms with E-state index in [9.17, 15) is 22.4 Å². The molecule has 0 N–H and O–H groups in total. The number of amides is 1. The second-order valence-corrected chi connectivity index (χ2v) is 8.10. The van der Waals surface area contributed by atoms with Crippen LogP contribution in [0.15, 0.2) is 42.5 Å². The van der Waals surface area contributed by atoms with Gasteiger partial charge in [-0.25, -0.2) is 9.37 Å². The van der Waals surface area contributed by atoms with Gasteiger partial charge in [0.05, 0.1) is 23.4 Å². The molecule has 0 bridgehead atoms. The summed E-state index contributed by atoms with van der Waals surface area (Å²) in [7, 11) is 0. The number of rotatable bonds is 6. The zero-order valence-corrected chi connectivity index (χ0v) is 17.6. The van der Waals surface area contributed by atoms with Crippen LogP contribution in [0.5, 0.6) is 5.75 Å². The zero-order chi connectivity index (χ0) is 22.7. The number of fused-ring (bicyclic) bond motifs is 1. The van der Waals surface area contributed by atoms with E-state index in [4.69, 9.17) is 4.74 Å². The summed E-state index contributed by atoms with van der Waals surface area (Å²) in [5.74, 6) is -1.19. The largest absolute Gasteiger partial charge is 0.573 e. The summed E-state index contributed by atoms with van der Waals surface area (Å²) < 4.78 is 60.7. The summed E-state index contributed by atoms with van der Waals surface area (Å²) in [5, 5.41) is 0.340. The van der Waals surface area contributed by atoms with Crippen molar-refractivity contribution < 1.29 is 31.8 Å². The van der Waals surface area contributed by atoms with Gasteiger partial charge >= 0.3 is 6.36 Å². The highest BCUT2D eigenvalue weighted by molar-refractivity contribution is 7.22. The van der Waals surface area contributed by atoms with E-state index in [0.717, 1.165) is 24.4 Å². The van der Waals surface area contributed by atoms with Crippen molar-refractivity contribution in [2.75, 3.05) is 44.3 Å². The molecule has 1 aliphatic rings. The molecule has 0 radical (unpaired) electrons. The molecule has 1 aromatic heterocycles. The molecule has 2 heterocycles. The molecule has 0 spiro atoms. The zero-order valence-electron chi connectivity index (χ0n) is 16.8. The Kier molecular flexibility index (Phi) is 6.58. The Morgan fingerprint density at radius 3 is 2.56 bits per heavy atom. The van der Waals surface area contributed by atoms with Crippen LogP contribution in [0, 0.1) is 5.82 Å². The number of benzene rings is 2. The van der Waals surface area contributed by atoms with Crippen LogP contribution in [-0.2, 0) is 4.74 Å². The topological polar surface area (TPSA) is 54.9 Å². The average molecular weight is 469 g/mol. The lowest BCUT2D eigenvalue weighted by Crippen LogP contribution is -2.43. The minimum atomic E-state index is -4.80. The van der Waals surface area contributed by atoms with Gasteiger partial charge in [-0.3, -0.25) is 14.6 Å². The van der Waals surface area contributed by atoms with Gasteiger partial charge in [-0.2, -0.15) is 0 Å². The molecule has 0 unspecified atom stereocenters. The van der Waals surface area contributed by atoms with Crippen molar-refractivity contribution in [3.63, 3.8) is 0 Å². The van der Waals surface area contributed by atoms with E-state index in [1.807, 2.05) is 0 Å². The van der Waals surface area contributed by atoms with Crippen LogP contribution >= 0.6 is 11.3 Å². The van der Waals surface area contributed by atoms with Crippen LogP contribution in [0.2, 0.25) is 0 Å². The highest BCUT2D eigenvalue weighted by atomic mass is 32.1. The molecule has 6 nitrogen and oxygen atoms in total. The van der Waals surface area contributed by atoms with Gasteiger partial charge < -0.3 is 9.47 Å². The molecule has 2 aromatic carbocycles. The van der Waals surface area contributed by atoms with E-state index in [0.29, 0.717) is 41.7 Å². The Bertz CT molecular complexity index is 1080. The Morgan fingerprint density at radius 1 is 1.16 bits per heavy atom. The Morgan fingerprint density at radius 2 is 1.88 bits per heavy atom. The summed E-state index contributed by atoms with van der Waals surface area (Å²) in [6.45, 7) is 3.55. The third-order valence-electron chi connectivity index (χ3n) is 4.89. The second-order valence-electron chi connectivity index (χ2n) is 7.09. The van der Waals surface area contributed by atoms with Crippen molar-refractivity contribution in [1.29, 1.82) is 0 Å². The smallest absolute Gasteiger partial charge is 0.406 e. The maximum Gasteiger partial charge on any atom is 0.573 e. The van der Waals surface area contributed by atoms with E-state index in [2.05, 4.69) is 14.6 Å². The van der Waals surface area contributed by atoms with Crippen LogP contribution < -0.4 is 9.64 Å². The minimum absolute atomic E-state index is 0.286. The highest BCUT2D eigenvalue weighted by Crippen LogP contribution is 2.33. The van der Waals surface area contributed by atoms with Crippen molar-refractivity contribution in [2.45, 2.75) is 6.36 Å². The first-order valence-corrected chi connectivity index (χ1v) is 10.6. The predicted molar refractivity (Wildman–Crippen MR) is 112 cm³/mol. The number of thiazole rings is 1. The Labute approximate surface area is 185 Å². The number of ether oxygens (including phenoxy) is 2. The van der Waals surface area contributed by atoms with Gasteiger partial charge in [-0.15, -0.1) is 13.2 Å². The first kappa shape index (κ1) is 22.4. The monoisotopic (exact) mass is 469 g/mol. The molecular formula is C21H19F4N3O3S. The standard InChI is InChI=1S/C21H19F4N3O3S/c22-15-3-1-14(2-4-15)19(29)28(8-7-27-9-11-30-12-10-27)20-26-17-6-5-16(13-18(17)32-20)31-21(23,24)25/h1-6,13H,7-12H2. The lowest BCUT2D eigenvalue weighted by atomic mass is 10.2. The number of morpholine rings is 1. The van der Waals surface area contributed by atoms with E-state index in [1.54, 1.807) is 0 Å². The third kappa shape index (κ3) is 5.53. The maximum absolute atomic E-state index is 13.3. The van der Waals surface area contributed by atoms with Crippen LogP contribution in [0.3, 0.4) is 0 Å². The number of anilines is 1. The first-order chi connectivity index (χ1) is 15.3. The lowest BCUT2D eigenvalue weighted by Gasteiger charge is -2.29. The number of alkyl halides is 3. The fraction of sp³-hybridized carbons (Fsp3) is 0.333. The number of carbonyl (C=O) groups excluding carboxylic acids is 1. The van der Waals surface area contributed by atoms with Gasteiger partial charge in [0.2, 0.25) is 0 Å². The third-order valence-corrected chi connectivity index (χ3v) is 5.93. The molecule has 11 heteroatoms. The first-order valence-electron chi connectivity index (χ1n) is 9.82. The number of halogens is 4. The van der Waals surface area contributed by atoms with Crippen molar-refractivity contribution in [3.8, 4) is 5.75 Å². The number of hydrogen-bond donors (Lipinski definition) is 0. The van der Waals surface area contributed by atoms with E-state index in [-0.39, 0.29) is 17.2 Å². The molecule has 0 saturated carbocycles. The molecule has 1 aliphatic heterocycles. The molecular weight excluding hydrogens is 450 g/mol. The Balaban J connectivity index is 1.62. The van der Waals surface area contributed by atoms with Gasteiger partial charge in [0.1, 0.15) is 11.6 Å². The molecule has 4 rings (SSSR count). The fourth-order valence-corrected chi connectivity index (χ4v) is 4.32. The molecule has 0 aliphatic carbocycles. The van der Waals surface area contributed by atoms with Gasteiger partial charge in [0.15, 0.2) is 5.13 Å². The van der Waals surface area contributed by atoms with Crippen LogP contribution in [0.4, 0.5) is 22.7 Å². The lowest BCUT2D eigenvalue weighted by molar-refractivity contribution is -0.274. The van der Waals surface area contributed by atoms with Gasteiger partial charge in [0, 0.05) is 37.8 Å². The number of carbonyl (C=O) groups is 1. The van der Waals surface area contributed by atoms with Crippen LogP contribution in [0.1, 0.15) is 10.4 Å². The van der Waals surface area contributed by atoms with Crippen molar-refractivity contribution in [3.05, 3.63) is 53.8 Å². The van der Waals surface area contributed by atoms with E-state index < -0.39 is 12.2 Å². The van der Waals surface area contributed by atoms with E-state index in [1.165, 1.54) is 47.4 Å².